The van der Waals surface area contributed by atoms with Gasteiger partial charge in [-0.05, 0) is 67.1 Å². The van der Waals surface area contributed by atoms with Gasteiger partial charge in [-0.3, -0.25) is 0 Å². The van der Waals surface area contributed by atoms with Gasteiger partial charge >= 0.3 is 6.18 Å². The molecular weight excluding hydrogens is 410 g/mol. The fraction of sp³-hybridized carbons (Fsp3) is 0.417. The number of hydrogen-bond donors (Lipinski definition) is 2. The van der Waals surface area contributed by atoms with Crippen molar-refractivity contribution < 1.29 is 27.4 Å². The molecule has 3 nitrogen and oxygen atoms in total. The van der Waals surface area contributed by atoms with E-state index in [4.69, 9.17) is 4.74 Å². The lowest BCUT2D eigenvalue weighted by molar-refractivity contribution is -0.266. The van der Waals surface area contributed by atoms with Gasteiger partial charge in [0.15, 0.2) is 5.60 Å². The van der Waals surface area contributed by atoms with Crippen LogP contribution in [0.2, 0.25) is 0 Å². The van der Waals surface area contributed by atoms with Gasteiger partial charge in [0.1, 0.15) is 11.6 Å². The molecule has 7 heteroatoms. The molecule has 1 aromatic heterocycles. The second-order valence-corrected chi connectivity index (χ2v) is 8.95. The molecule has 0 amide bonds. The standard InChI is InChI=1S/C24H27F4NO2/c1-14-8-15(2)18-11-17(29-20(18)9-14)12-23(30,24(26,27)28)13-22(3,4)19-10-16(25)6-7-21(19)31-5/h6-11,29-30H,12-13H2,1-5H3. The van der Waals surface area contributed by atoms with Crippen molar-refractivity contribution in [2.75, 3.05) is 7.11 Å². The molecule has 0 aliphatic rings. The van der Waals surface area contributed by atoms with E-state index in [-0.39, 0.29) is 17.0 Å². The molecule has 2 N–H and O–H groups in total. The molecule has 1 heterocycles. The number of aliphatic hydroxyl groups is 1. The Morgan fingerprint density at radius 2 is 1.71 bits per heavy atom. The Balaban J connectivity index is 2.02. The summed E-state index contributed by atoms with van der Waals surface area (Å²) in [5, 5.41) is 11.7. The van der Waals surface area contributed by atoms with E-state index in [1.54, 1.807) is 19.9 Å². The summed E-state index contributed by atoms with van der Waals surface area (Å²) in [6.45, 7) is 6.88. The maximum absolute atomic E-state index is 14.1. The molecule has 3 rings (SSSR count). The van der Waals surface area contributed by atoms with Crippen LogP contribution in [0.15, 0.2) is 36.4 Å². The van der Waals surface area contributed by atoms with Gasteiger partial charge < -0.3 is 14.8 Å². The van der Waals surface area contributed by atoms with Crippen LogP contribution in [-0.4, -0.2) is 29.0 Å². The van der Waals surface area contributed by atoms with Crippen molar-refractivity contribution in [2.45, 2.75) is 57.7 Å². The molecule has 0 spiro atoms. The number of fused-ring (bicyclic) bond motifs is 1. The van der Waals surface area contributed by atoms with Crippen molar-refractivity contribution in [2.24, 2.45) is 0 Å². The highest BCUT2D eigenvalue weighted by atomic mass is 19.4. The number of aromatic nitrogens is 1. The predicted octanol–water partition coefficient (Wildman–Crippen LogP) is 6.14. The molecule has 0 saturated heterocycles. The zero-order chi connectivity index (χ0) is 23.2. The molecule has 0 bridgehead atoms. The minimum atomic E-state index is -4.90. The molecule has 0 aliphatic carbocycles. The normalized spacial score (nSPS) is 14.6. The number of halogens is 4. The minimum Gasteiger partial charge on any atom is -0.496 e. The summed E-state index contributed by atoms with van der Waals surface area (Å²) < 4.78 is 61.5. The zero-order valence-corrected chi connectivity index (χ0v) is 18.2. The second kappa shape index (κ2) is 7.86. The maximum atomic E-state index is 14.1. The average molecular weight is 437 g/mol. The molecule has 1 unspecified atom stereocenters. The number of aromatic amines is 1. The van der Waals surface area contributed by atoms with Crippen LogP contribution in [0.1, 0.15) is 42.7 Å². The monoisotopic (exact) mass is 437 g/mol. The van der Waals surface area contributed by atoms with E-state index in [1.807, 2.05) is 26.0 Å². The quantitative estimate of drug-likeness (QED) is 0.455. The number of hydrogen-bond acceptors (Lipinski definition) is 2. The Hall–Kier alpha value is -2.54. The van der Waals surface area contributed by atoms with Gasteiger partial charge in [-0.25, -0.2) is 4.39 Å². The SMILES string of the molecule is COc1ccc(F)cc1C(C)(C)CC(O)(Cc1cc2c(C)cc(C)cc2[nH]1)C(F)(F)F. The number of methoxy groups -OCH3 is 1. The number of nitrogens with one attached hydrogen (secondary N) is 1. The summed E-state index contributed by atoms with van der Waals surface area (Å²) >= 11 is 0. The Bertz CT molecular complexity index is 1100. The number of rotatable bonds is 6. The van der Waals surface area contributed by atoms with Crippen LogP contribution in [0.3, 0.4) is 0 Å². The lowest BCUT2D eigenvalue weighted by Crippen LogP contribution is -2.51. The summed E-state index contributed by atoms with van der Waals surface area (Å²) in [6, 6.07) is 9.18. The van der Waals surface area contributed by atoms with Crippen molar-refractivity contribution in [3.63, 3.8) is 0 Å². The summed E-state index contributed by atoms with van der Waals surface area (Å²) in [5.41, 5.74) is -1.05. The van der Waals surface area contributed by atoms with Gasteiger partial charge in [-0.15, -0.1) is 0 Å². The van der Waals surface area contributed by atoms with E-state index in [2.05, 4.69) is 4.98 Å². The van der Waals surface area contributed by atoms with Crippen LogP contribution in [0, 0.1) is 19.7 Å². The largest absolute Gasteiger partial charge is 0.496 e. The van der Waals surface area contributed by atoms with Crippen LogP contribution in [0.4, 0.5) is 17.6 Å². The third-order valence-electron chi connectivity index (χ3n) is 5.78. The fourth-order valence-corrected chi connectivity index (χ4v) is 4.37. The number of aryl methyl sites for hydroxylation is 2. The smallest absolute Gasteiger partial charge is 0.417 e. The topological polar surface area (TPSA) is 45.2 Å². The Morgan fingerprint density at radius 1 is 1.03 bits per heavy atom. The van der Waals surface area contributed by atoms with Gasteiger partial charge in [0.25, 0.3) is 0 Å². The van der Waals surface area contributed by atoms with Gasteiger partial charge in [0.05, 0.1) is 7.11 Å². The third kappa shape index (κ3) is 4.56. The number of benzene rings is 2. The first-order valence-corrected chi connectivity index (χ1v) is 9.98. The van der Waals surface area contributed by atoms with Gasteiger partial charge in [-0.2, -0.15) is 13.2 Å². The van der Waals surface area contributed by atoms with E-state index in [0.717, 1.165) is 28.1 Å². The first kappa shape index (κ1) is 23.1. The summed E-state index contributed by atoms with van der Waals surface area (Å²) in [4.78, 5) is 3.02. The van der Waals surface area contributed by atoms with E-state index in [1.165, 1.54) is 19.2 Å². The van der Waals surface area contributed by atoms with Crippen LogP contribution in [-0.2, 0) is 11.8 Å². The van der Waals surface area contributed by atoms with E-state index in [9.17, 15) is 22.7 Å². The molecule has 31 heavy (non-hydrogen) atoms. The van der Waals surface area contributed by atoms with Crippen LogP contribution in [0.25, 0.3) is 10.9 Å². The summed E-state index contributed by atoms with van der Waals surface area (Å²) in [7, 11) is 1.37. The summed E-state index contributed by atoms with van der Waals surface area (Å²) in [5.74, 6) is -0.312. The van der Waals surface area contributed by atoms with Gasteiger partial charge in [0, 0.05) is 28.6 Å². The lowest BCUT2D eigenvalue weighted by atomic mass is 9.73. The average Bonchev–Trinajstić information content (AvgIpc) is 3.02. The van der Waals surface area contributed by atoms with Crippen molar-refractivity contribution >= 4 is 10.9 Å². The highest BCUT2D eigenvalue weighted by molar-refractivity contribution is 5.84. The molecular formula is C24H27F4NO2. The Kier molecular flexibility index (Phi) is 5.86. The molecule has 3 aromatic rings. The van der Waals surface area contributed by atoms with Gasteiger partial charge in [-0.1, -0.05) is 19.9 Å². The van der Waals surface area contributed by atoms with Crippen LogP contribution in [0.5, 0.6) is 5.75 Å². The molecule has 2 aromatic carbocycles. The lowest BCUT2D eigenvalue weighted by Gasteiger charge is -2.38. The number of alkyl halides is 3. The first-order chi connectivity index (χ1) is 14.3. The first-order valence-electron chi connectivity index (χ1n) is 9.98. The highest BCUT2D eigenvalue weighted by Gasteiger charge is 2.56. The van der Waals surface area contributed by atoms with E-state index < -0.39 is 35.9 Å². The Labute approximate surface area is 179 Å². The maximum Gasteiger partial charge on any atom is 0.417 e. The molecule has 168 valence electrons. The third-order valence-corrected chi connectivity index (χ3v) is 5.78. The van der Waals surface area contributed by atoms with Crippen molar-refractivity contribution in [1.82, 2.24) is 4.98 Å². The summed E-state index contributed by atoms with van der Waals surface area (Å²) in [6.07, 6.45) is -6.21. The molecule has 1 atom stereocenters. The zero-order valence-electron chi connectivity index (χ0n) is 18.2. The number of H-pyrrole nitrogens is 1. The van der Waals surface area contributed by atoms with Crippen LogP contribution >= 0.6 is 0 Å². The van der Waals surface area contributed by atoms with Crippen molar-refractivity contribution in [1.29, 1.82) is 0 Å². The van der Waals surface area contributed by atoms with Gasteiger partial charge in [0.2, 0.25) is 0 Å². The molecule has 0 fully saturated rings. The highest BCUT2D eigenvalue weighted by Crippen LogP contribution is 2.45. The van der Waals surface area contributed by atoms with Crippen LogP contribution < -0.4 is 4.74 Å². The Morgan fingerprint density at radius 3 is 2.32 bits per heavy atom. The predicted molar refractivity (Wildman–Crippen MR) is 113 cm³/mol. The minimum absolute atomic E-state index is 0.265. The fourth-order valence-electron chi connectivity index (χ4n) is 4.37. The van der Waals surface area contributed by atoms with Crippen molar-refractivity contribution in [3.8, 4) is 5.75 Å². The second-order valence-electron chi connectivity index (χ2n) is 8.95. The molecule has 0 aliphatic heterocycles. The van der Waals surface area contributed by atoms with E-state index in [0.29, 0.717) is 0 Å². The van der Waals surface area contributed by atoms with Crippen molar-refractivity contribution in [3.05, 3.63) is 64.6 Å². The molecule has 0 saturated carbocycles. The van der Waals surface area contributed by atoms with E-state index >= 15 is 0 Å². The number of ether oxygens (including phenoxy) is 1. The molecule has 0 radical (unpaired) electrons.